The van der Waals surface area contributed by atoms with Crippen molar-refractivity contribution in [3.8, 4) is 23.0 Å². The summed E-state index contributed by atoms with van der Waals surface area (Å²) in [5, 5.41) is 0. The summed E-state index contributed by atoms with van der Waals surface area (Å²) in [6, 6.07) is 18.6. The van der Waals surface area contributed by atoms with Crippen molar-refractivity contribution in [3.63, 3.8) is 0 Å². The molecule has 10 nitrogen and oxygen atoms in total. The fourth-order valence-electron chi connectivity index (χ4n) is 5.24. The molecule has 1 N–H and O–H groups in total. The van der Waals surface area contributed by atoms with Crippen molar-refractivity contribution in [2.45, 2.75) is 51.6 Å². The lowest BCUT2D eigenvalue weighted by Gasteiger charge is -2.33. The molecular weight excluding hydrogens is 566 g/mol. The molecule has 0 saturated carbocycles. The molecule has 0 saturated heterocycles. The summed E-state index contributed by atoms with van der Waals surface area (Å²) in [5.74, 6) is 0.377. The Hall–Kier alpha value is -4.51. The molecule has 4 aromatic rings. The first kappa shape index (κ1) is 30.0. The van der Waals surface area contributed by atoms with E-state index in [1.54, 1.807) is 29.2 Å². The zero-order valence-electron chi connectivity index (χ0n) is 24.9. The second kappa shape index (κ2) is 12.4. The SMILES string of the molecule is COc1cccc(CN2C(=O)c3cccc(c3)S(=O)(=O)Nc3nc(cc(-c4c(C)cccc4C)n3)OC[C@H]2CC(C)C)n1. The Balaban J connectivity index is 1.66. The number of nitrogens with zero attached hydrogens (tertiary/aromatic N) is 4. The number of carbonyl (C=O) groups is 1. The van der Waals surface area contributed by atoms with Crippen LogP contribution < -0.4 is 14.2 Å². The van der Waals surface area contributed by atoms with Crippen molar-refractivity contribution >= 4 is 21.9 Å². The average Bonchev–Trinajstić information content (AvgIpc) is 2.97. The van der Waals surface area contributed by atoms with Gasteiger partial charge in [-0.15, -0.1) is 0 Å². The average molecular weight is 602 g/mol. The molecule has 43 heavy (non-hydrogen) atoms. The first-order valence-electron chi connectivity index (χ1n) is 14.1. The molecule has 2 aromatic heterocycles. The van der Waals surface area contributed by atoms with E-state index in [0.29, 0.717) is 23.7 Å². The van der Waals surface area contributed by atoms with Crippen LogP contribution in [0.1, 0.15) is 47.4 Å². The number of pyridine rings is 1. The fraction of sp³-hybridized carbons (Fsp3) is 0.312. The minimum absolute atomic E-state index is 0.0824. The highest BCUT2D eigenvalue weighted by molar-refractivity contribution is 7.92. The van der Waals surface area contributed by atoms with Crippen LogP contribution in [-0.2, 0) is 16.6 Å². The van der Waals surface area contributed by atoms with Gasteiger partial charge in [-0.05, 0) is 61.6 Å². The Bertz CT molecular complexity index is 1740. The van der Waals surface area contributed by atoms with Crippen LogP contribution in [0.4, 0.5) is 5.95 Å². The van der Waals surface area contributed by atoms with E-state index in [-0.39, 0.29) is 47.3 Å². The van der Waals surface area contributed by atoms with Gasteiger partial charge in [-0.25, -0.2) is 23.1 Å². The van der Waals surface area contributed by atoms with E-state index in [1.165, 1.54) is 19.2 Å². The molecule has 1 aliphatic heterocycles. The van der Waals surface area contributed by atoms with Crippen LogP contribution in [0.3, 0.4) is 0 Å². The maximum atomic E-state index is 14.1. The normalized spacial score (nSPS) is 16.4. The Labute approximate surface area is 252 Å². The van der Waals surface area contributed by atoms with E-state index in [4.69, 9.17) is 9.47 Å². The van der Waals surface area contributed by atoms with Crippen LogP contribution in [0, 0.1) is 19.8 Å². The Morgan fingerprint density at radius 1 is 1.00 bits per heavy atom. The lowest BCUT2D eigenvalue weighted by molar-refractivity contribution is 0.0549. The number of hydrogen-bond donors (Lipinski definition) is 1. The van der Waals surface area contributed by atoms with E-state index >= 15 is 0 Å². The molecule has 3 heterocycles. The molecule has 224 valence electrons. The number of fused-ring (bicyclic) bond motifs is 4. The summed E-state index contributed by atoms with van der Waals surface area (Å²) in [6.45, 7) is 8.37. The van der Waals surface area contributed by atoms with E-state index in [0.717, 1.165) is 16.7 Å². The third-order valence-corrected chi connectivity index (χ3v) is 8.57. The van der Waals surface area contributed by atoms with Crippen molar-refractivity contribution in [1.29, 1.82) is 0 Å². The monoisotopic (exact) mass is 601 g/mol. The number of amides is 1. The molecule has 1 aliphatic rings. The molecule has 2 aromatic carbocycles. The van der Waals surface area contributed by atoms with Crippen LogP contribution in [0.2, 0.25) is 0 Å². The zero-order chi connectivity index (χ0) is 30.7. The van der Waals surface area contributed by atoms with Crippen molar-refractivity contribution < 1.29 is 22.7 Å². The van der Waals surface area contributed by atoms with Gasteiger partial charge >= 0.3 is 0 Å². The van der Waals surface area contributed by atoms with E-state index < -0.39 is 16.1 Å². The predicted octanol–water partition coefficient (Wildman–Crippen LogP) is 5.41. The number of methoxy groups -OCH3 is 1. The van der Waals surface area contributed by atoms with Gasteiger partial charge in [0.25, 0.3) is 15.9 Å². The fourth-order valence-corrected chi connectivity index (χ4v) is 6.23. The van der Waals surface area contributed by atoms with E-state index in [9.17, 15) is 13.2 Å². The number of rotatable bonds is 6. The highest BCUT2D eigenvalue weighted by atomic mass is 32.2. The standard InChI is InChI=1S/C32H35N5O5S/c1-20(2)15-25-19-42-29-17-27(30-21(3)9-6-10-22(30)4)34-32(35-29)36-43(39,40)26-13-7-11-23(16-26)31(38)37(25)18-24-12-8-14-28(33-24)41-5/h6-14,16-17,20,25H,15,18-19H2,1-5H3,(H,34,35,36)/t25-/m1/s1. The van der Waals surface area contributed by atoms with Crippen molar-refractivity contribution in [1.82, 2.24) is 19.9 Å². The van der Waals surface area contributed by atoms with Crippen LogP contribution in [0.15, 0.2) is 71.6 Å². The maximum absolute atomic E-state index is 14.1. The van der Waals surface area contributed by atoms with E-state index in [1.807, 2.05) is 44.2 Å². The lowest BCUT2D eigenvalue weighted by atomic mass is 10.00. The summed E-state index contributed by atoms with van der Waals surface area (Å²) in [6.07, 6.45) is 0.619. The van der Waals surface area contributed by atoms with Gasteiger partial charge in [-0.3, -0.25) is 4.79 Å². The number of benzene rings is 2. The summed E-state index contributed by atoms with van der Waals surface area (Å²) in [7, 11) is -2.61. The molecule has 4 bridgehead atoms. The highest BCUT2D eigenvalue weighted by Crippen LogP contribution is 2.30. The van der Waals surface area contributed by atoms with Crippen molar-refractivity contribution in [2.24, 2.45) is 5.92 Å². The molecule has 0 aliphatic carbocycles. The minimum Gasteiger partial charge on any atom is -0.481 e. The molecule has 5 rings (SSSR count). The Morgan fingerprint density at radius 3 is 2.44 bits per heavy atom. The number of ether oxygens (including phenoxy) is 2. The van der Waals surface area contributed by atoms with Crippen molar-refractivity contribution in [2.75, 3.05) is 18.4 Å². The Morgan fingerprint density at radius 2 is 1.72 bits per heavy atom. The third-order valence-electron chi connectivity index (χ3n) is 7.25. The molecule has 1 amide bonds. The van der Waals surface area contributed by atoms with Crippen LogP contribution >= 0.6 is 0 Å². The van der Waals surface area contributed by atoms with Gasteiger partial charge in [0.15, 0.2) is 0 Å². The number of anilines is 1. The van der Waals surface area contributed by atoms with Crippen molar-refractivity contribution in [3.05, 3.63) is 89.1 Å². The Kier molecular flexibility index (Phi) is 8.63. The predicted molar refractivity (Wildman–Crippen MR) is 164 cm³/mol. The van der Waals surface area contributed by atoms with Gasteiger partial charge in [-0.1, -0.05) is 44.2 Å². The number of carbonyl (C=O) groups excluding carboxylic acids is 1. The molecule has 0 fully saturated rings. The summed E-state index contributed by atoms with van der Waals surface area (Å²) >= 11 is 0. The zero-order valence-corrected chi connectivity index (χ0v) is 25.7. The molecule has 0 unspecified atom stereocenters. The molecule has 0 spiro atoms. The highest BCUT2D eigenvalue weighted by Gasteiger charge is 2.29. The second-order valence-corrected chi connectivity index (χ2v) is 12.7. The minimum atomic E-state index is -4.15. The summed E-state index contributed by atoms with van der Waals surface area (Å²) < 4.78 is 41.2. The lowest BCUT2D eigenvalue weighted by Crippen LogP contribution is -2.44. The summed E-state index contributed by atoms with van der Waals surface area (Å²) in [4.78, 5) is 29.3. The smallest absolute Gasteiger partial charge is 0.264 e. The third kappa shape index (κ3) is 6.77. The second-order valence-electron chi connectivity index (χ2n) is 11.0. The topological polar surface area (TPSA) is 124 Å². The quantitative estimate of drug-likeness (QED) is 0.311. The number of nitrogens with one attached hydrogen (secondary N) is 1. The van der Waals surface area contributed by atoms with Crippen LogP contribution in [0.5, 0.6) is 11.8 Å². The molecule has 0 radical (unpaired) electrons. The van der Waals surface area contributed by atoms with E-state index in [2.05, 4.69) is 33.5 Å². The number of hydrogen-bond acceptors (Lipinski definition) is 8. The first-order valence-corrected chi connectivity index (χ1v) is 15.5. The molecular formula is C32H35N5O5S. The van der Waals surface area contributed by atoms with Gasteiger partial charge in [0.2, 0.25) is 17.7 Å². The first-order chi connectivity index (χ1) is 20.5. The van der Waals surface area contributed by atoms with Crippen LogP contribution in [0.25, 0.3) is 11.3 Å². The molecule has 11 heteroatoms. The number of aromatic nitrogens is 3. The van der Waals surface area contributed by atoms with Gasteiger partial charge in [0.1, 0.15) is 6.61 Å². The van der Waals surface area contributed by atoms with Gasteiger partial charge in [0, 0.05) is 23.3 Å². The largest absolute Gasteiger partial charge is 0.481 e. The van der Waals surface area contributed by atoms with Gasteiger partial charge in [0.05, 0.1) is 36.0 Å². The number of aryl methyl sites for hydroxylation is 2. The number of sulfonamides is 1. The van der Waals surface area contributed by atoms with Crippen LogP contribution in [-0.4, -0.2) is 53.9 Å². The summed E-state index contributed by atoms with van der Waals surface area (Å²) in [5.41, 5.74) is 4.19. The van der Waals surface area contributed by atoms with Gasteiger partial charge in [-0.2, -0.15) is 4.98 Å². The van der Waals surface area contributed by atoms with Gasteiger partial charge < -0.3 is 14.4 Å². The molecule has 1 atom stereocenters. The maximum Gasteiger partial charge on any atom is 0.264 e.